The van der Waals surface area contributed by atoms with Gasteiger partial charge in [0.15, 0.2) is 5.78 Å². The average molecular weight is 424 g/mol. The summed E-state index contributed by atoms with van der Waals surface area (Å²) in [5.74, 6) is -4.39. The predicted molar refractivity (Wildman–Crippen MR) is 91.4 cm³/mol. The SMILES string of the molecule is CCOC(=O)C1(n2cc(C(C)=O)cc2C(=O)C(Cl)(Cl)Cl)CC(=O)NC1=O. The highest BCUT2D eigenvalue weighted by Crippen LogP contribution is 2.36. The lowest BCUT2D eigenvalue weighted by Crippen LogP contribution is -2.50. The zero-order valence-electron chi connectivity index (χ0n) is 13.6. The largest absolute Gasteiger partial charge is 0.464 e. The van der Waals surface area contributed by atoms with Gasteiger partial charge in [0, 0.05) is 11.8 Å². The van der Waals surface area contributed by atoms with Gasteiger partial charge in [-0.2, -0.15) is 0 Å². The van der Waals surface area contributed by atoms with Crippen LogP contribution in [-0.4, -0.2) is 44.3 Å². The number of hydrogen-bond donors (Lipinski definition) is 1. The summed E-state index contributed by atoms with van der Waals surface area (Å²) < 4.78 is 3.37. The number of Topliss-reactive ketones (excluding diaryl/α,β-unsaturated/α-hetero) is 2. The van der Waals surface area contributed by atoms with Gasteiger partial charge in [0.25, 0.3) is 9.70 Å². The lowest BCUT2D eigenvalue weighted by Gasteiger charge is -2.27. The molecule has 2 heterocycles. The zero-order chi connectivity index (χ0) is 19.9. The molecule has 1 aromatic rings. The Hall–Kier alpha value is -1.90. The number of carbonyl (C=O) groups is 5. The molecular weight excluding hydrogens is 411 g/mol. The van der Waals surface area contributed by atoms with Gasteiger partial charge in [0.05, 0.1) is 18.7 Å². The van der Waals surface area contributed by atoms with Crippen LogP contribution in [0.1, 0.15) is 41.1 Å². The molecule has 0 radical (unpaired) electrons. The number of hydrogen-bond acceptors (Lipinski definition) is 6. The van der Waals surface area contributed by atoms with E-state index in [9.17, 15) is 24.0 Å². The number of amides is 2. The van der Waals surface area contributed by atoms with Crippen LogP contribution < -0.4 is 5.32 Å². The van der Waals surface area contributed by atoms with Gasteiger partial charge in [-0.1, -0.05) is 34.8 Å². The number of ether oxygens (including phenoxy) is 1. The Kier molecular flexibility index (Phi) is 5.51. The van der Waals surface area contributed by atoms with Gasteiger partial charge in [-0.15, -0.1) is 0 Å². The Morgan fingerprint density at radius 1 is 1.31 bits per heavy atom. The highest BCUT2D eigenvalue weighted by atomic mass is 35.6. The Morgan fingerprint density at radius 3 is 2.35 bits per heavy atom. The fourth-order valence-electron chi connectivity index (χ4n) is 2.59. The molecule has 1 atom stereocenters. The van der Waals surface area contributed by atoms with E-state index in [4.69, 9.17) is 39.5 Å². The summed E-state index contributed by atoms with van der Waals surface area (Å²) >= 11 is 16.9. The summed E-state index contributed by atoms with van der Waals surface area (Å²) in [5.41, 5.74) is -2.63. The van der Waals surface area contributed by atoms with E-state index in [1.54, 1.807) is 0 Å². The molecule has 1 aliphatic rings. The average Bonchev–Trinajstić information content (AvgIpc) is 3.07. The maximum Gasteiger partial charge on any atom is 0.342 e. The Labute approximate surface area is 162 Å². The maximum absolute atomic E-state index is 12.6. The first-order chi connectivity index (χ1) is 11.9. The number of ketones is 2. The molecule has 1 fully saturated rings. The van der Waals surface area contributed by atoms with Gasteiger partial charge in [-0.25, -0.2) is 4.79 Å². The molecular formula is C15H13Cl3N2O6. The molecule has 0 aromatic carbocycles. The molecule has 1 aliphatic heterocycles. The van der Waals surface area contributed by atoms with E-state index >= 15 is 0 Å². The molecule has 0 spiro atoms. The summed E-state index contributed by atoms with van der Waals surface area (Å²) in [6.07, 6.45) is 0.456. The van der Waals surface area contributed by atoms with Crippen LogP contribution in [0, 0.1) is 0 Å². The van der Waals surface area contributed by atoms with Crippen molar-refractivity contribution in [2.24, 2.45) is 0 Å². The van der Waals surface area contributed by atoms with Crippen LogP contribution in [-0.2, 0) is 24.7 Å². The van der Waals surface area contributed by atoms with Crippen molar-refractivity contribution in [2.75, 3.05) is 6.61 Å². The first kappa shape index (κ1) is 20.4. The quantitative estimate of drug-likeness (QED) is 0.253. The fourth-order valence-corrected chi connectivity index (χ4v) is 2.88. The first-order valence-electron chi connectivity index (χ1n) is 7.32. The van der Waals surface area contributed by atoms with Crippen molar-refractivity contribution in [3.8, 4) is 0 Å². The number of alkyl halides is 3. The Bertz CT molecular complexity index is 826. The van der Waals surface area contributed by atoms with E-state index in [1.807, 2.05) is 5.32 Å². The Morgan fingerprint density at radius 2 is 1.92 bits per heavy atom. The minimum atomic E-state index is -2.42. The summed E-state index contributed by atoms with van der Waals surface area (Å²) in [5, 5.41) is 1.99. The molecule has 1 saturated heterocycles. The molecule has 26 heavy (non-hydrogen) atoms. The van der Waals surface area contributed by atoms with E-state index in [0.717, 1.165) is 16.8 Å². The van der Waals surface area contributed by atoms with Crippen LogP contribution in [0.3, 0.4) is 0 Å². The molecule has 2 rings (SSSR count). The van der Waals surface area contributed by atoms with E-state index in [0.29, 0.717) is 0 Å². The number of nitrogens with zero attached hydrogens (tertiary/aromatic N) is 1. The van der Waals surface area contributed by atoms with Crippen LogP contribution in [0.5, 0.6) is 0 Å². The van der Waals surface area contributed by atoms with Crippen molar-refractivity contribution in [1.29, 1.82) is 0 Å². The van der Waals surface area contributed by atoms with Gasteiger partial charge in [0.2, 0.25) is 17.2 Å². The molecule has 11 heteroatoms. The standard InChI is InChI=1S/C15H13Cl3N2O6/c1-3-26-13(25)14(5-10(22)19-12(14)24)20-6-8(7(2)21)4-9(20)11(23)15(16,17)18/h4,6H,3,5H2,1-2H3,(H,19,22,24). The van der Waals surface area contributed by atoms with Crippen molar-refractivity contribution in [3.63, 3.8) is 0 Å². The summed E-state index contributed by atoms with van der Waals surface area (Å²) in [7, 11) is 0. The van der Waals surface area contributed by atoms with E-state index in [-0.39, 0.29) is 12.2 Å². The minimum absolute atomic E-state index is 0.0153. The van der Waals surface area contributed by atoms with Crippen molar-refractivity contribution < 1.29 is 28.7 Å². The van der Waals surface area contributed by atoms with Gasteiger partial charge in [0.1, 0.15) is 0 Å². The number of esters is 1. The summed E-state index contributed by atoms with van der Waals surface area (Å²) in [6, 6.07) is 1.09. The van der Waals surface area contributed by atoms with Crippen molar-refractivity contribution in [1.82, 2.24) is 9.88 Å². The van der Waals surface area contributed by atoms with E-state index in [2.05, 4.69) is 0 Å². The second-order valence-corrected chi connectivity index (χ2v) is 7.78. The van der Waals surface area contributed by atoms with Gasteiger partial charge >= 0.3 is 5.97 Å². The summed E-state index contributed by atoms with van der Waals surface area (Å²) in [4.78, 5) is 61.1. The van der Waals surface area contributed by atoms with Crippen molar-refractivity contribution in [2.45, 2.75) is 29.6 Å². The molecule has 1 unspecified atom stereocenters. The fraction of sp³-hybridized carbons (Fsp3) is 0.400. The molecule has 0 aliphatic carbocycles. The third-order valence-corrected chi connectivity index (χ3v) is 4.30. The lowest BCUT2D eigenvalue weighted by atomic mass is 9.96. The van der Waals surface area contributed by atoms with E-state index < -0.39 is 50.8 Å². The highest BCUT2D eigenvalue weighted by Gasteiger charge is 2.57. The smallest absolute Gasteiger partial charge is 0.342 e. The van der Waals surface area contributed by atoms with Gasteiger partial charge < -0.3 is 9.30 Å². The monoisotopic (exact) mass is 422 g/mol. The molecule has 140 valence electrons. The minimum Gasteiger partial charge on any atom is -0.464 e. The lowest BCUT2D eigenvalue weighted by molar-refractivity contribution is -0.157. The molecule has 2 amide bonds. The molecule has 8 nitrogen and oxygen atoms in total. The number of rotatable bonds is 5. The van der Waals surface area contributed by atoms with Crippen LogP contribution in [0.15, 0.2) is 12.3 Å². The third kappa shape index (κ3) is 3.36. The highest BCUT2D eigenvalue weighted by molar-refractivity contribution is 6.77. The van der Waals surface area contributed by atoms with Crippen molar-refractivity contribution in [3.05, 3.63) is 23.5 Å². The molecule has 0 bridgehead atoms. The van der Waals surface area contributed by atoms with Crippen LogP contribution in [0.2, 0.25) is 0 Å². The van der Waals surface area contributed by atoms with Crippen LogP contribution in [0.4, 0.5) is 0 Å². The Balaban J connectivity index is 2.78. The number of halogens is 3. The topological polar surface area (TPSA) is 112 Å². The third-order valence-electron chi connectivity index (χ3n) is 3.79. The van der Waals surface area contributed by atoms with Gasteiger partial charge in [-0.05, 0) is 19.9 Å². The number of imide groups is 1. The molecule has 0 saturated carbocycles. The summed E-state index contributed by atoms with van der Waals surface area (Å²) in [6.45, 7) is 2.63. The molecule has 1 N–H and O–H groups in total. The van der Waals surface area contributed by atoms with Crippen LogP contribution >= 0.6 is 34.8 Å². The van der Waals surface area contributed by atoms with Crippen molar-refractivity contribution >= 4 is 64.2 Å². The zero-order valence-corrected chi connectivity index (χ0v) is 15.9. The van der Waals surface area contributed by atoms with Crippen LogP contribution in [0.25, 0.3) is 0 Å². The second-order valence-electron chi connectivity index (χ2n) is 5.50. The number of nitrogens with one attached hydrogen (secondary N) is 1. The normalized spacial score (nSPS) is 20.0. The molecule has 1 aromatic heterocycles. The first-order valence-corrected chi connectivity index (χ1v) is 8.45. The maximum atomic E-state index is 12.6. The number of carbonyl (C=O) groups excluding carboxylic acids is 5. The second kappa shape index (κ2) is 7.02. The predicted octanol–water partition coefficient (Wildman–Crippen LogP) is 1.55. The van der Waals surface area contributed by atoms with Gasteiger partial charge in [-0.3, -0.25) is 24.5 Å². The van der Waals surface area contributed by atoms with E-state index in [1.165, 1.54) is 13.8 Å². The number of aromatic nitrogens is 1.